The molecule has 2 amide bonds. The molecule has 0 spiro atoms. The zero-order valence-electron chi connectivity index (χ0n) is 11.9. The Kier molecular flexibility index (Phi) is 3.85. The van der Waals surface area contributed by atoms with Gasteiger partial charge in [0.05, 0.1) is 5.56 Å². The Balaban J connectivity index is 1.93. The molecule has 4 N–H and O–H groups in total. The Labute approximate surface area is 131 Å². The molecule has 1 aliphatic carbocycles. The number of thiophene rings is 1. The van der Waals surface area contributed by atoms with Gasteiger partial charge in [-0.15, -0.1) is 11.3 Å². The van der Waals surface area contributed by atoms with Crippen molar-refractivity contribution in [1.29, 1.82) is 0 Å². The fourth-order valence-electron chi connectivity index (χ4n) is 2.74. The highest BCUT2D eigenvalue weighted by Gasteiger charge is 2.25. The number of amides is 2. The molecule has 0 radical (unpaired) electrons. The highest BCUT2D eigenvalue weighted by molar-refractivity contribution is 7.17. The lowest BCUT2D eigenvalue weighted by Gasteiger charge is -2.11. The van der Waals surface area contributed by atoms with E-state index in [2.05, 4.69) is 5.32 Å². The third-order valence-electron chi connectivity index (χ3n) is 3.75. The summed E-state index contributed by atoms with van der Waals surface area (Å²) in [5.74, 6) is -0.851. The van der Waals surface area contributed by atoms with E-state index in [4.69, 9.17) is 5.73 Å². The molecular weight excluding hydrogens is 300 g/mol. The predicted molar refractivity (Wildman–Crippen MR) is 85.5 cm³/mol. The maximum atomic E-state index is 12.3. The lowest BCUT2D eigenvalue weighted by Crippen LogP contribution is -2.18. The van der Waals surface area contributed by atoms with E-state index in [1.54, 1.807) is 12.1 Å². The average Bonchev–Trinajstić information content (AvgIpc) is 2.85. The second kappa shape index (κ2) is 5.81. The average molecular weight is 316 g/mol. The molecule has 0 atom stereocenters. The van der Waals surface area contributed by atoms with Gasteiger partial charge in [0.15, 0.2) is 0 Å². The van der Waals surface area contributed by atoms with Crippen LogP contribution < -0.4 is 11.1 Å². The highest BCUT2D eigenvalue weighted by atomic mass is 32.1. The Morgan fingerprint density at radius 1 is 1.23 bits per heavy atom. The first-order valence-electron chi connectivity index (χ1n) is 7.11. The van der Waals surface area contributed by atoms with E-state index in [-0.39, 0.29) is 11.7 Å². The first-order chi connectivity index (χ1) is 10.6. The van der Waals surface area contributed by atoms with E-state index in [0.717, 1.165) is 36.1 Å². The summed E-state index contributed by atoms with van der Waals surface area (Å²) in [5, 5.41) is 12.7. The Morgan fingerprint density at radius 3 is 2.73 bits per heavy atom. The molecule has 3 rings (SSSR count). The summed E-state index contributed by atoms with van der Waals surface area (Å²) < 4.78 is 0. The number of aryl methyl sites for hydroxylation is 1. The fourth-order valence-corrected chi connectivity index (χ4v) is 4.03. The van der Waals surface area contributed by atoms with Crippen molar-refractivity contribution in [2.75, 3.05) is 5.32 Å². The number of carbonyl (C=O) groups excluding carboxylic acids is 2. The number of nitrogens with one attached hydrogen (secondary N) is 1. The molecule has 0 unspecified atom stereocenters. The number of aromatic hydroxyl groups is 1. The van der Waals surface area contributed by atoms with E-state index in [1.807, 2.05) is 0 Å². The first kappa shape index (κ1) is 14.6. The monoisotopic (exact) mass is 316 g/mol. The van der Waals surface area contributed by atoms with Gasteiger partial charge >= 0.3 is 0 Å². The summed E-state index contributed by atoms with van der Waals surface area (Å²) in [5.41, 5.74) is 7.25. The van der Waals surface area contributed by atoms with Crippen LogP contribution in [0.3, 0.4) is 0 Å². The number of anilines is 1. The van der Waals surface area contributed by atoms with Gasteiger partial charge in [0.2, 0.25) is 0 Å². The van der Waals surface area contributed by atoms with E-state index >= 15 is 0 Å². The van der Waals surface area contributed by atoms with Gasteiger partial charge in [-0.25, -0.2) is 0 Å². The smallest absolute Gasteiger partial charge is 0.256 e. The van der Waals surface area contributed by atoms with Crippen LogP contribution in [0, 0.1) is 0 Å². The molecule has 1 aromatic carbocycles. The fraction of sp³-hybridized carbons (Fsp3) is 0.250. The predicted octanol–water partition coefficient (Wildman–Crippen LogP) is 2.68. The third kappa shape index (κ3) is 2.69. The summed E-state index contributed by atoms with van der Waals surface area (Å²) in [6.07, 6.45) is 3.87. The molecule has 0 saturated heterocycles. The maximum Gasteiger partial charge on any atom is 0.256 e. The number of fused-ring (bicyclic) bond motifs is 1. The lowest BCUT2D eigenvalue weighted by molar-refractivity contribution is 0.100. The van der Waals surface area contributed by atoms with Crippen LogP contribution in [-0.4, -0.2) is 16.9 Å². The molecule has 1 aromatic heterocycles. The maximum absolute atomic E-state index is 12.3. The van der Waals surface area contributed by atoms with Gasteiger partial charge in [-0.3, -0.25) is 9.59 Å². The molecule has 0 fully saturated rings. The van der Waals surface area contributed by atoms with E-state index < -0.39 is 5.91 Å². The van der Waals surface area contributed by atoms with E-state index in [9.17, 15) is 14.7 Å². The Hall–Kier alpha value is -2.34. The summed E-state index contributed by atoms with van der Waals surface area (Å²) in [6.45, 7) is 0. The molecule has 114 valence electrons. The molecule has 0 bridgehead atoms. The molecular formula is C16H16N2O3S. The highest BCUT2D eigenvalue weighted by Crippen LogP contribution is 2.38. The van der Waals surface area contributed by atoms with Crippen molar-refractivity contribution < 1.29 is 14.7 Å². The van der Waals surface area contributed by atoms with Crippen molar-refractivity contribution in [3.63, 3.8) is 0 Å². The second-order valence-corrected chi connectivity index (χ2v) is 6.39. The van der Waals surface area contributed by atoms with Gasteiger partial charge in [0.1, 0.15) is 10.8 Å². The SMILES string of the molecule is NC(=O)c1c(NC(=O)c2cccc(O)c2)sc2c1CCCC2. The summed E-state index contributed by atoms with van der Waals surface area (Å²) >= 11 is 1.42. The number of rotatable bonds is 3. The van der Waals surface area contributed by atoms with E-state index in [1.165, 1.54) is 23.5 Å². The van der Waals surface area contributed by atoms with Crippen LogP contribution in [-0.2, 0) is 12.8 Å². The minimum Gasteiger partial charge on any atom is -0.508 e. The van der Waals surface area contributed by atoms with Crippen LogP contribution in [0.2, 0.25) is 0 Å². The normalized spacial score (nSPS) is 13.5. The first-order valence-corrected chi connectivity index (χ1v) is 7.92. The van der Waals surface area contributed by atoms with Gasteiger partial charge in [0.25, 0.3) is 11.8 Å². The standard InChI is InChI=1S/C16H16N2O3S/c17-14(20)13-11-6-1-2-7-12(11)22-16(13)18-15(21)9-4-3-5-10(19)8-9/h3-5,8,19H,1-2,6-7H2,(H2,17,20)(H,18,21). The molecule has 1 aliphatic rings. The van der Waals surface area contributed by atoms with Crippen molar-refractivity contribution in [2.24, 2.45) is 5.73 Å². The number of primary amides is 1. The number of carbonyl (C=O) groups is 2. The van der Waals surface area contributed by atoms with Crippen molar-refractivity contribution in [2.45, 2.75) is 25.7 Å². The molecule has 1 heterocycles. The largest absolute Gasteiger partial charge is 0.508 e. The minimum absolute atomic E-state index is 0.0215. The molecule has 0 aliphatic heterocycles. The van der Waals surface area contributed by atoms with Crippen molar-refractivity contribution in [3.05, 3.63) is 45.8 Å². The van der Waals surface area contributed by atoms with Crippen LogP contribution >= 0.6 is 11.3 Å². The number of hydrogen-bond acceptors (Lipinski definition) is 4. The van der Waals surface area contributed by atoms with Gasteiger partial charge in [-0.05, 0) is 49.4 Å². The van der Waals surface area contributed by atoms with Crippen LogP contribution in [0.25, 0.3) is 0 Å². The topological polar surface area (TPSA) is 92.4 Å². The summed E-state index contributed by atoms with van der Waals surface area (Å²) in [7, 11) is 0. The number of hydrogen-bond donors (Lipinski definition) is 3. The number of nitrogens with two attached hydrogens (primary N) is 1. The van der Waals surface area contributed by atoms with Gasteiger partial charge in [-0.1, -0.05) is 6.07 Å². The van der Waals surface area contributed by atoms with Crippen molar-refractivity contribution in [3.8, 4) is 5.75 Å². The molecule has 22 heavy (non-hydrogen) atoms. The molecule has 5 nitrogen and oxygen atoms in total. The number of benzene rings is 1. The zero-order chi connectivity index (χ0) is 15.7. The third-order valence-corrected chi connectivity index (χ3v) is 4.96. The molecule has 6 heteroatoms. The number of phenols is 1. The van der Waals surface area contributed by atoms with Gasteiger partial charge < -0.3 is 16.2 Å². The van der Waals surface area contributed by atoms with Crippen molar-refractivity contribution >= 4 is 28.2 Å². The van der Waals surface area contributed by atoms with Crippen LogP contribution in [0.5, 0.6) is 5.75 Å². The minimum atomic E-state index is -0.509. The zero-order valence-corrected chi connectivity index (χ0v) is 12.7. The Morgan fingerprint density at radius 2 is 2.00 bits per heavy atom. The van der Waals surface area contributed by atoms with Gasteiger partial charge in [0, 0.05) is 10.4 Å². The van der Waals surface area contributed by atoms with E-state index in [0.29, 0.717) is 16.1 Å². The van der Waals surface area contributed by atoms with Crippen LogP contribution in [0.4, 0.5) is 5.00 Å². The molecule has 0 saturated carbocycles. The van der Waals surface area contributed by atoms with Crippen LogP contribution in [0.15, 0.2) is 24.3 Å². The Bertz CT molecular complexity index is 752. The van der Waals surface area contributed by atoms with Gasteiger partial charge in [-0.2, -0.15) is 0 Å². The van der Waals surface area contributed by atoms with Crippen LogP contribution in [0.1, 0.15) is 44.0 Å². The summed E-state index contributed by atoms with van der Waals surface area (Å²) in [6, 6.07) is 6.08. The quantitative estimate of drug-likeness (QED) is 0.813. The van der Waals surface area contributed by atoms with Crippen molar-refractivity contribution in [1.82, 2.24) is 0 Å². The second-order valence-electron chi connectivity index (χ2n) is 5.28. The molecule has 2 aromatic rings. The summed E-state index contributed by atoms with van der Waals surface area (Å²) in [4.78, 5) is 25.2. The number of phenolic OH excluding ortho intramolecular Hbond substituents is 1. The lowest BCUT2D eigenvalue weighted by atomic mass is 9.95.